The van der Waals surface area contributed by atoms with E-state index in [1.165, 1.54) is 0 Å². The van der Waals surface area contributed by atoms with Crippen LogP contribution >= 0.6 is 11.6 Å². The van der Waals surface area contributed by atoms with E-state index in [9.17, 15) is 18.3 Å². The first-order chi connectivity index (χ1) is 18.1. The van der Waals surface area contributed by atoms with Gasteiger partial charge in [-0.25, -0.2) is 4.98 Å². The Morgan fingerprint density at radius 2 is 1.71 bits per heavy atom. The van der Waals surface area contributed by atoms with Crippen LogP contribution in [-0.4, -0.2) is 52.0 Å². The first-order valence-electron chi connectivity index (χ1n) is 12.6. The molecule has 2 aromatic carbocycles. The number of nitrogens with zero attached hydrogens (tertiary/aromatic N) is 2. The van der Waals surface area contributed by atoms with E-state index in [2.05, 4.69) is 21.7 Å². The molecular formula is C30H28ClF3N2O2. The molecule has 0 aliphatic carbocycles. The molecule has 5 rings (SSSR count). The van der Waals surface area contributed by atoms with E-state index in [1.54, 1.807) is 6.20 Å². The number of rotatable bonds is 5. The molecule has 0 amide bonds. The standard InChI is InChI=1S/C30H28ClF3N2O2/c1-20-16-21(2-9-25-10-6-23(19-35-25)22-4-7-24(31)8-5-22)3-13-28(20)38-15-14-36-26-11-12-27(36)18-29(37,17-26)30(32,33)34/h3-8,10,13,16,19,26-27,37H,11-12,14-15,17-18H2,1H3. The fourth-order valence-corrected chi connectivity index (χ4v) is 5.61. The van der Waals surface area contributed by atoms with Crippen LogP contribution in [0.5, 0.6) is 5.75 Å². The zero-order chi connectivity index (χ0) is 26.9. The third-order valence-corrected chi connectivity index (χ3v) is 7.76. The Morgan fingerprint density at radius 1 is 1.03 bits per heavy atom. The minimum atomic E-state index is -4.59. The van der Waals surface area contributed by atoms with E-state index in [-0.39, 0.29) is 24.9 Å². The van der Waals surface area contributed by atoms with E-state index in [0.717, 1.165) is 28.0 Å². The van der Waals surface area contributed by atoms with Gasteiger partial charge in [0.15, 0.2) is 5.60 Å². The molecule has 0 spiro atoms. The highest BCUT2D eigenvalue weighted by atomic mass is 35.5. The Labute approximate surface area is 225 Å². The summed E-state index contributed by atoms with van der Waals surface area (Å²) in [4.78, 5) is 6.51. The molecule has 2 bridgehead atoms. The van der Waals surface area contributed by atoms with Crippen LogP contribution in [0.4, 0.5) is 13.2 Å². The van der Waals surface area contributed by atoms with Crippen LogP contribution in [0, 0.1) is 18.8 Å². The number of alkyl halides is 3. The maximum absolute atomic E-state index is 13.3. The summed E-state index contributed by atoms with van der Waals surface area (Å²) < 4.78 is 45.9. The Morgan fingerprint density at radius 3 is 2.32 bits per heavy atom. The lowest BCUT2D eigenvalue weighted by Crippen LogP contribution is -2.58. The van der Waals surface area contributed by atoms with Gasteiger partial charge in [-0.05, 0) is 73.2 Å². The van der Waals surface area contributed by atoms with Gasteiger partial charge in [-0.1, -0.05) is 35.7 Å². The molecule has 3 aromatic rings. The third kappa shape index (κ3) is 5.68. The average molecular weight is 541 g/mol. The van der Waals surface area contributed by atoms with Gasteiger partial charge in [-0.3, -0.25) is 4.90 Å². The Kier molecular flexibility index (Phi) is 7.41. The van der Waals surface area contributed by atoms with Crippen molar-refractivity contribution < 1.29 is 23.0 Å². The summed E-state index contributed by atoms with van der Waals surface area (Å²) in [5.41, 5.74) is 1.86. The van der Waals surface area contributed by atoms with Crippen LogP contribution in [0.25, 0.3) is 11.1 Å². The van der Waals surface area contributed by atoms with Crippen LogP contribution in [-0.2, 0) is 0 Å². The molecule has 2 unspecified atom stereocenters. The lowest BCUT2D eigenvalue weighted by Gasteiger charge is -2.44. The number of hydrogen-bond donors (Lipinski definition) is 1. The van der Waals surface area contributed by atoms with Crippen molar-refractivity contribution in [2.45, 2.75) is 56.5 Å². The predicted octanol–water partition coefficient (Wildman–Crippen LogP) is 6.41. The number of benzene rings is 2. The van der Waals surface area contributed by atoms with Crippen molar-refractivity contribution in [3.63, 3.8) is 0 Å². The molecule has 0 saturated carbocycles. The SMILES string of the molecule is Cc1cc(C#Cc2ccc(-c3ccc(Cl)cc3)cn2)ccc1OCCN1C2CCC1CC(O)(C(F)(F)F)C2. The second-order valence-electron chi connectivity index (χ2n) is 10.1. The van der Waals surface area contributed by atoms with Crippen LogP contribution in [0.2, 0.25) is 5.02 Å². The smallest absolute Gasteiger partial charge is 0.417 e. The molecule has 3 heterocycles. The molecule has 198 valence electrons. The van der Waals surface area contributed by atoms with Gasteiger partial charge in [0.05, 0.1) is 0 Å². The maximum atomic E-state index is 13.3. The number of aliphatic hydroxyl groups is 1. The average Bonchev–Trinajstić information content (AvgIpc) is 3.13. The minimum Gasteiger partial charge on any atom is -0.492 e. The van der Waals surface area contributed by atoms with E-state index < -0.39 is 11.8 Å². The topological polar surface area (TPSA) is 45.6 Å². The summed E-state index contributed by atoms with van der Waals surface area (Å²) in [6.07, 6.45) is -1.98. The lowest BCUT2D eigenvalue weighted by molar-refractivity contribution is -0.279. The quantitative estimate of drug-likeness (QED) is 0.380. The third-order valence-electron chi connectivity index (χ3n) is 7.50. The maximum Gasteiger partial charge on any atom is 0.417 e. The van der Waals surface area contributed by atoms with Crippen molar-refractivity contribution in [3.05, 3.63) is 82.6 Å². The second-order valence-corrected chi connectivity index (χ2v) is 10.5. The molecule has 8 heteroatoms. The van der Waals surface area contributed by atoms with E-state index in [1.807, 2.05) is 61.5 Å². The van der Waals surface area contributed by atoms with Crippen molar-refractivity contribution in [1.29, 1.82) is 0 Å². The first kappa shape index (κ1) is 26.6. The highest BCUT2D eigenvalue weighted by Gasteiger charge is 2.60. The number of piperidine rings is 1. The van der Waals surface area contributed by atoms with Gasteiger partial charge in [0, 0.05) is 53.8 Å². The summed E-state index contributed by atoms with van der Waals surface area (Å²) in [7, 11) is 0. The minimum absolute atomic E-state index is 0.266. The molecule has 0 radical (unpaired) electrons. The molecule has 4 nitrogen and oxygen atoms in total. The number of fused-ring (bicyclic) bond motifs is 2. The Bertz CT molecular complexity index is 1330. The largest absolute Gasteiger partial charge is 0.492 e. The number of hydrogen-bond acceptors (Lipinski definition) is 4. The second kappa shape index (κ2) is 10.6. The summed E-state index contributed by atoms with van der Waals surface area (Å²) in [6.45, 7) is 2.84. The van der Waals surface area contributed by atoms with E-state index in [0.29, 0.717) is 36.7 Å². The summed E-state index contributed by atoms with van der Waals surface area (Å²) in [6, 6.07) is 16.6. The molecule has 2 saturated heterocycles. The summed E-state index contributed by atoms with van der Waals surface area (Å²) in [5.74, 6) is 6.94. The highest BCUT2D eigenvalue weighted by molar-refractivity contribution is 6.30. The first-order valence-corrected chi connectivity index (χ1v) is 13.0. The van der Waals surface area contributed by atoms with Crippen LogP contribution < -0.4 is 4.74 Å². The Balaban J connectivity index is 1.16. The van der Waals surface area contributed by atoms with Gasteiger partial charge in [0.25, 0.3) is 0 Å². The van der Waals surface area contributed by atoms with Crippen molar-refractivity contribution in [3.8, 4) is 28.7 Å². The normalized spacial score (nSPS) is 23.1. The van der Waals surface area contributed by atoms with E-state index in [4.69, 9.17) is 16.3 Å². The Hall–Kier alpha value is -3.05. The summed E-state index contributed by atoms with van der Waals surface area (Å²) in [5, 5.41) is 10.8. The molecule has 1 aromatic heterocycles. The van der Waals surface area contributed by atoms with Crippen molar-refractivity contribution in [2.75, 3.05) is 13.2 Å². The fourth-order valence-electron chi connectivity index (χ4n) is 5.48. The van der Waals surface area contributed by atoms with Crippen LogP contribution in [0.1, 0.15) is 42.5 Å². The highest BCUT2D eigenvalue weighted by Crippen LogP contribution is 2.47. The lowest BCUT2D eigenvalue weighted by atomic mass is 9.85. The van der Waals surface area contributed by atoms with E-state index >= 15 is 0 Å². The monoisotopic (exact) mass is 540 g/mol. The van der Waals surface area contributed by atoms with Crippen molar-refractivity contribution >= 4 is 11.6 Å². The molecular weight excluding hydrogens is 513 g/mol. The van der Waals surface area contributed by atoms with Crippen molar-refractivity contribution in [2.24, 2.45) is 0 Å². The van der Waals surface area contributed by atoms with Crippen molar-refractivity contribution in [1.82, 2.24) is 9.88 Å². The number of halogens is 4. The molecule has 1 N–H and O–H groups in total. The van der Waals surface area contributed by atoms with Gasteiger partial charge in [0.2, 0.25) is 0 Å². The number of ether oxygens (including phenoxy) is 1. The van der Waals surface area contributed by atoms with Crippen LogP contribution in [0.15, 0.2) is 60.8 Å². The van der Waals surface area contributed by atoms with Gasteiger partial charge < -0.3 is 9.84 Å². The number of aryl methyl sites for hydroxylation is 1. The van der Waals surface area contributed by atoms with Gasteiger partial charge in [-0.2, -0.15) is 13.2 Å². The molecule has 38 heavy (non-hydrogen) atoms. The number of aromatic nitrogens is 1. The molecule has 2 fully saturated rings. The molecule has 2 aliphatic heterocycles. The van der Waals surface area contributed by atoms with Crippen LogP contribution in [0.3, 0.4) is 0 Å². The fraction of sp³-hybridized carbons (Fsp3) is 0.367. The van der Waals surface area contributed by atoms with Gasteiger partial charge in [-0.15, -0.1) is 0 Å². The van der Waals surface area contributed by atoms with Gasteiger partial charge >= 0.3 is 6.18 Å². The molecule has 2 atom stereocenters. The summed E-state index contributed by atoms with van der Waals surface area (Å²) >= 11 is 5.95. The van der Waals surface area contributed by atoms with Gasteiger partial charge in [0.1, 0.15) is 18.1 Å². The predicted molar refractivity (Wildman–Crippen MR) is 141 cm³/mol. The molecule has 2 aliphatic rings. The number of pyridine rings is 1. The zero-order valence-electron chi connectivity index (χ0n) is 20.9. The zero-order valence-corrected chi connectivity index (χ0v) is 21.7.